The van der Waals surface area contributed by atoms with Gasteiger partial charge in [-0.1, -0.05) is 20.8 Å². The van der Waals surface area contributed by atoms with Crippen LogP contribution in [0.3, 0.4) is 0 Å². The first kappa shape index (κ1) is 13.2. The molecule has 2 aliphatic carbocycles. The summed E-state index contributed by atoms with van der Waals surface area (Å²) in [6.07, 6.45) is 2.15. The smallest absolute Gasteiger partial charge is 0.0781 e. The molecule has 0 aliphatic heterocycles. The lowest BCUT2D eigenvalue weighted by atomic mass is 9.69. The van der Waals surface area contributed by atoms with Crippen molar-refractivity contribution in [1.29, 1.82) is 0 Å². The molecule has 2 bridgehead atoms. The van der Waals surface area contributed by atoms with Crippen LogP contribution in [0.15, 0.2) is 10.6 Å². The second-order valence-corrected chi connectivity index (χ2v) is 6.53. The van der Waals surface area contributed by atoms with E-state index in [9.17, 15) is 9.81 Å². The van der Waals surface area contributed by atoms with Crippen LogP contribution in [0.5, 0.6) is 0 Å². The maximum Gasteiger partial charge on any atom is 0.0781 e. The van der Waals surface area contributed by atoms with Crippen LogP contribution in [0, 0.1) is 26.6 Å². The van der Waals surface area contributed by atoms with E-state index in [1.165, 1.54) is 10.0 Å². The maximum absolute atomic E-state index is 10.9. The first-order chi connectivity index (χ1) is 8.31. The highest BCUT2D eigenvalue weighted by Gasteiger charge is 2.68. The molecular formula is C12H22N4O2. The van der Waals surface area contributed by atoms with Crippen molar-refractivity contribution < 1.29 is 0 Å². The average Bonchev–Trinajstić information content (AvgIpc) is 2.67. The summed E-state index contributed by atoms with van der Waals surface area (Å²) in [4.78, 5) is 21.8. The quantitative estimate of drug-likeness (QED) is 0.571. The molecule has 0 spiro atoms. The van der Waals surface area contributed by atoms with Crippen molar-refractivity contribution >= 4 is 0 Å². The Morgan fingerprint density at radius 1 is 1.06 bits per heavy atom. The van der Waals surface area contributed by atoms with E-state index in [1.54, 1.807) is 14.1 Å². The summed E-state index contributed by atoms with van der Waals surface area (Å²) >= 11 is 0. The molecule has 0 unspecified atom stereocenters. The van der Waals surface area contributed by atoms with Gasteiger partial charge >= 0.3 is 0 Å². The highest BCUT2D eigenvalue weighted by molar-refractivity contribution is 5.19. The minimum atomic E-state index is -0.0496. The minimum absolute atomic E-state index is 0.00998. The van der Waals surface area contributed by atoms with E-state index >= 15 is 0 Å². The van der Waals surface area contributed by atoms with Gasteiger partial charge in [0.05, 0.1) is 22.7 Å². The fraction of sp³-hybridized carbons (Fsp3) is 1.00. The standard InChI is InChI=1S/C12H22N4O2/c1-11(2)8-6-7-12(11,3)10(16(5)14-18)9(8)15(4)13-17/h8-10H,6-7H2,1-5H3/t8-,9-,10-,12+/m1/s1. The van der Waals surface area contributed by atoms with Crippen molar-refractivity contribution in [1.82, 2.24) is 10.0 Å². The number of rotatable bonds is 4. The lowest BCUT2D eigenvalue weighted by molar-refractivity contribution is 0.0243. The van der Waals surface area contributed by atoms with Crippen LogP contribution >= 0.6 is 0 Å². The molecule has 0 aromatic heterocycles. The second-order valence-electron chi connectivity index (χ2n) is 6.53. The molecule has 2 saturated carbocycles. The van der Waals surface area contributed by atoms with Crippen molar-refractivity contribution in [2.24, 2.45) is 27.3 Å². The molecule has 6 nitrogen and oxygen atoms in total. The minimum Gasteiger partial charge on any atom is -0.258 e. The predicted molar refractivity (Wildman–Crippen MR) is 69.3 cm³/mol. The first-order valence-corrected chi connectivity index (χ1v) is 6.43. The summed E-state index contributed by atoms with van der Waals surface area (Å²) in [5.41, 5.74) is 0.0736. The van der Waals surface area contributed by atoms with Gasteiger partial charge in [0.2, 0.25) is 0 Å². The van der Waals surface area contributed by atoms with Crippen LogP contribution in [0.1, 0.15) is 33.6 Å². The second kappa shape index (κ2) is 3.90. The molecule has 2 rings (SSSR count). The lowest BCUT2D eigenvalue weighted by Crippen LogP contribution is -2.52. The molecule has 0 radical (unpaired) electrons. The summed E-state index contributed by atoms with van der Waals surface area (Å²) in [7, 11) is 3.40. The number of likely N-dealkylation sites (N-methyl/N-ethyl adjacent to an activating group) is 2. The van der Waals surface area contributed by atoms with Gasteiger partial charge in [0.15, 0.2) is 0 Å². The van der Waals surface area contributed by atoms with Crippen molar-refractivity contribution in [2.45, 2.75) is 45.7 Å². The zero-order chi connectivity index (χ0) is 13.7. The van der Waals surface area contributed by atoms with E-state index in [1.807, 2.05) is 0 Å². The van der Waals surface area contributed by atoms with E-state index in [-0.39, 0.29) is 22.9 Å². The average molecular weight is 254 g/mol. The van der Waals surface area contributed by atoms with Crippen molar-refractivity contribution in [3.63, 3.8) is 0 Å². The third-order valence-corrected chi connectivity index (χ3v) is 5.85. The number of nitrogens with zero attached hydrogens (tertiary/aromatic N) is 4. The Hall–Kier alpha value is -1.20. The Kier molecular flexibility index (Phi) is 2.87. The molecule has 6 heteroatoms. The molecule has 0 aromatic rings. The van der Waals surface area contributed by atoms with Crippen LogP contribution in [0.4, 0.5) is 0 Å². The van der Waals surface area contributed by atoms with Gasteiger partial charge in [-0.05, 0) is 29.6 Å². The number of hydrogen-bond donors (Lipinski definition) is 0. The molecule has 4 atom stereocenters. The maximum atomic E-state index is 10.9. The molecule has 18 heavy (non-hydrogen) atoms. The molecule has 0 heterocycles. The summed E-state index contributed by atoms with van der Waals surface area (Å²) < 4.78 is 0. The van der Waals surface area contributed by atoms with Gasteiger partial charge in [0, 0.05) is 14.1 Å². The Bertz CT molecular complexity index is 373. The van der Waals surface area contributed by atoms with Gasteiger partial charge in [-0.2, -0.15) is 0 Å². The zero-order valence-corrected chi connectivity index (χ0v) is 11.8. The molecule has 2 fully saturated rings. The van der Waals surface area contributed by atoms with Crippen LogP contribution in [0.2, 0.25) is 0 Å². The highest BCUT2D eigenvalue weighted by atomic mass is 16.3. The van der Waals surface area contributed by atoms with E-state index in [4.69, 9.17) is 0 Å². The van der Waals surface area contributed by atoms with E-state index in [2.05, 4.69) is 31.3 Å². The summed E-state index contributed by atoms with van der Waals surface area (Å²) in [6.45, 7) is 6.67. The fourth-order valence-corrected chi connectivity index (χ4v) is 4.49. The van der Waals surface area contributed by atoms with E-state index in [0.29, 0.717) is 5.92 Å². The Morgan fingerprint density at radius 3 is 2.11 bits per heavy atom. The van der Waals surface area contributed by atoms with Crippen LogP contribution in [-0.2, 0) is 0 Å². The van der Waals surface area contributed by atoms with Gasteiger partial charge in [-0.3, -0.25) is 10.0 Å². The van der Waals surface area contributed by atoms with Crippen LogP contribution < -0.4 is 0 Å². The lowest BCUT2D eigenvalue weighted by Gasteiger charge is -2.43. The molecular weight excluding hydrogens is 232 g/mol. The van der Waals surface area contributed by atoms with Crippen LogP contribution in [0.25, 0.3) is 0 Å². The third kappa shape index (κ3) is 1.34. The van der Waals surface area contributed by atoms with Gasteiger partial charge in [0.25, 0.3) is 0 Å². The normalized spacial score (nSPS) is 40.6. The predicted octanol–water partition coefficient (Wildman–Crippen LogP) is 2.41. The van der Waals surface area contributed by atoms with Crippen LogP contribution in [-0.4, -0.2) is 36.2 Å². The molecule has 0 N–H and O–H groups in total. The topological polar surface area (TPSA) is 65.3 Å². The fourth-order valence-electron chi connectivity index (χ4n) is 4.49. The van der Waals surface area contributed by atoms with E-state index in [0.717, 1.165) is 12.8 Å². The van der Waals surface area contributed by atoms with Gasteiger partial charge in [-0.25, -0.2) is 0 Å². The van der Waals surface area contributed by atoms with Crippen molar-refractivity contribution in [3.05, 3.63) is 9.81 Å². The molecule has 102 valence electrons. The Balaban J connectivity index is 2.47. The molecule has 0 aromatic carbocycles. The monoisotopic (exact) mass is 254 g/mol. The largest absolute Gasteiger partial charge is 0.258 e. The van der Waals surface area contributed by atoms with Gasteiger partial charge in [-0.15, -0.1) is 9.81 Å². The number of fused-ring (bicyclic) bond motifs is 2. The Labute approximate surface area is 108 Å². The number of nitroso groups, excluding NO2 is 2. The van der Waals surface area contributed by atoms with Crippen molar-refractivity contribution in [2.75, 3.05) is 14.1 Å². The summed E-state index contributed by atoms with van der Waals surface area (Å²) in [5, 5.41) is 9.10. The summed E-state index contributed by atoms with van der Waals surface area (Å²) in [5.74, 6) is 0.374. The molecule has 2 aliphatic rings. The summed E-state index contributed by atoms with van der Waals surface area (Å²) in [6, 6.07) is -0.0783. The van der Waals surface area contributed by atoms with Crippen molar-refractivity contribution in [3.8, 4) is 0 Å². The Morgan fingerprint density at radius 2 is 1.61 bits per heavy atom. The zero-order valence-electron chi connectivity index (χ0n) is 11.8. The number of hydrogen-bond acceptors (Lipinski definition) is 4. The highest BCUT2D eigenvalue weighted by Crippen LogP contribution is 2.67. The van der Waals surface area contributed by atoms with Gasteiger partial charge in [0.1, 0.15) is 0 Å². The molecule has 0 saturated heterocycles. The van der Waals surface area contributed by atoms with E-state index < -0.39 is 0 Å². The van der Waals surface area contributed by atoms with Gasteiger partial charge < -0.3 is 0 Å². The first-order valence-electron chi connectivity index (χ1n) is 6.43. The third-order valence-electron chi connectivity index (χ3n) is 5.85. The SMILES string of the molecule is CN(N=O)[C@@H]1[C@H]2CC[C@@](C)([C@@H]1N(C)N=O)C2(C)C. The molecule has 0 amide bonds.